The minimum atomic E-state index is -0.0940. The van der Waals surface area contributed by atoms with Gasteiger partial charge in [0.25, 0.3) is 0 Å². The van der Waals surface area contributed by atoms with Crippen molar-refractivity contribution in [2.24, 2.45) is 5.73 Å². The molecule has 90 valence electrons. The number of nitrogens with one attached hydrogen (secondary N) is 3. The van der Waals surface area contributed by atoms with Crippen LogP contribution in [0.4, 0.5) is 0 Å². The highest BCUT2D eigenvalue weighted by Crippen LogP contribution is 2.04. The first kappa shape index (κ1) is 12.8. The van der Waals surface area contributed by atoms with Crippen LogP contribution < -0.4 is 21.7 Å². The summed E-state index contributed by atoms with van der Waals surface area (Å²) in [6, 6.07) is 0. The van der Waals surface area contributed by atoms with Crippen molar-refractivity contribution in [3.63, 3.8) is 0 Å². The molecule has 0 aromatic heterocycles. The van der Waals surface area contributed by atoms with Crippen LogP contribution in [0.5, 0.6) is 0 Å². The summed E-state index contributed by atoms with van der Waals surface area (Å²) < 4.78 is -0.0940. The largest absolute Gasteiger partial charge is 0.632 e. The van der Waals surface area contributed by atoms with Gasteiger partial charge in [0.05, 0.1) is 19.6 Å². The molecule has 1 heterocycles. The predicted octanol–water partition coefficient (Wildman–Crippen LogP) is -2.00. The molecule has 0 aliphatic carbocycles. The summed E-state index contributed by atoms with van der Waals surface area (Å²) in [5.41, 5.74) is 5.34. The fourth-order valence-corrected chi connectivity index (χ4v) is 1.65. The average Bonchev–Trinajstić information content (AvgIpc) is 2.64. The monoisotopic (exact) mass is 217 g/mol. The summed E-state index contributed by atoms with van der Waals surface area (Å²) in [6.45, 7) is 6.89. The predicted molar refractivity (Wildman–Crippen MR) is 61.0 cm³/mol. The van der Waals surface area contributed by atoms with Crippen molar-refractivity contribution in [2.75, 3.05) is 59.0 Å². The smallest absolute Gasteiger partial charge is 0.132 e. The van der Waals surface area contributed by atoms with Crippen LogP contribution in [-0.4, -0.2) is 63.7 Å². The molecule has 1 aliphatic rings. The van der Waals surface area contributed by atoms with Gasteiger partial charge in [-0.15, -0.1) is 0 Å². The Bertz CT molecular complexity index is 161. The Balaban J connectivity index is 1.88. The Labute approximate surface area is 91.4 Å². The second-order valence-electron chi connectivity index (χ2n) is 3.95. The Kier molecular flexibility index (Phi) is 6.07. The molecular weight excluding hydrogens is 194 g/mol. The number of hydrogen-bond donors (Lipinski definition) is 4. The van der Waals surface area contributed by atoms with Crippen molar-refractivity contribution in [3.8, 4) is 0 Å². The maximum atomic E-state index is 11.8. The maximum absolute atomic E-state index is 11.8. The van der Waals surface area contributed by atoms with E-state index in [-0.39, 0.29) is 4.65 Å². The Hall–Kier alpha value is -0.240. The van der Waals surface area contributed by atoms with Crippen molar-refractivity contribution in [1.29, 1.82) is 0 Å². The zero-order valence-electron chi connectivity index (χ0n) is 9.30. The molecular formula is C9H23N5O. The molecule has 6 nitrogen and oxygen atoms in total. The highest BCUT2D eigenvalue weighted by atomic mass is 16.5. The molecule has 1 atom stereocenters. The van der Waals surface area contributed by atoms with E-state index in [1.165, 1.54) is 0 Å². The zero-order chi connectivity index (χ0) is 11.0. The second kappa shape index (κ2) is 7.10. The van der Waals surface area contributed by atoms with Gasteiger partial charge in [-0.25, -0.2) is 0 Å². The van der Waals surface area contributed by atoms with Crippen LogP contribution in [-0.2, 0) is 0 Å². The van der Waals surface area contributed by atoms with E-state index in [4.69, 9.17) is 5.73 Å². The molecule has 0 bridgehead atoms. The fourth-order valence-electron chi connectivity index (χ4n) is 1.65. The first-order valence-electron chi connectivity index (χ1n) is 5.66. The molecule has 1 fully saturated rings. The Morgan fingerprint density at radius 1 is 1.20 bits per heavy atom. The number of hydroxylamine groups is 3. The normalized spacial score (nSPS) is 26.0. The standard InChI is InChI=1S/C9H23N5O/c10-1-2-11-3-4-12-5-7-14(15)8-6-13-9-14/h11-13H,1-10H2. The van der Waals surface area contributed by atoms with Crippen molar-refractivity contribution in [2.45, 2.75) is 0 Å². The van der Waals surface area contributed by atoms with Gasteiger partial charge in [-0.3, -0.25) is 5.32 Å². The van der Waals surface area contributed by atoms with E-state index in [9.17, 15) is 5.21 Å². The summed E-state index contributed by atoms with van der Waals surface area (Å²) in [4.78, 5) is 0. The van der Waals surface area contributed by atoms with Crippen LogP contribution in [0.15, 0.2) is 0 Å². The molecule has 6 heteroatoms. The topological polar surface area (TPSA) is 85.2 Å². The summed E-state index contributed by atoms with van der Waals surface area (Å²) in [5.74, 6) is 0. The first-order chi connectivity index (χ1) is 7.27. The molecule has 5 N–H and O–H groups in total. The number of nitrogens with two attached hydrogens (primary N) is 1. The molecule has 0 radical (unpaired) electrons. The van der Waals surface area contributed by atoms with E-state index in [0.717, 1.165) is 32.7 Å². The SMILES string of the molecule is NCCNCCNCC[N+]1([O-])CCNC1. The minimum Gasteiger partial charge on any atom is -0.632 e. The third-order valence-corrected chi connectivity index (χ3v) is 2.59. The van der Waals surface area contributed by atoms with Gasteiger partial charge in [0.2, 0.25) is 0 Å². The molecule has 0 amide bonds. The van der Waals surface area contributed by atoms with E-state index in [2.05, 4.69) is 16.0 Å². The van der Waals surface area contributed by atoms with Crippen LogP contribution in [0.3, 0.4) is 0 Å². The highest BCUT2D eigenvalue weighted by molar-refractivity contribution is 4.57. The molecule has 0 spiro atoms. The molecule has 0 aromatic carbocycles. The van der Waals surface area contributed by atoms with Crippen molar-refractivity contribution >= 4 is 0 Å². The van der Waals surface area contributed by atoms with E-state index in [1.54, 1.807) is 0 Å². The van der Waals surface area contributed by atoms with Crippen LogP contribution in [0.25, 0.3) is 0 Å². The molecule has 15 heavy (non-hydrogen) atoms. The lowest BCUT2D eigenvalue weighted by atomic mass is 10.5. The number of quaternary nitrogens is 1. The summed E-state index contributed by atoms with van der Waals surface area (Å²) in [5, 5.41) is 21.4. The minimum absolute atomic E-state index is 0.0940. The second-order valence-corrected chi connectivity index (χ2v) is 3.95. The van der Waals surface area contributed by atoms with E-state index in [1.807, 2.05) is 0 Å². The van der Waals surface area contributed by atoms with Crippen LogP contribution >= 0.6 is 0 Å². The van der Waals surface area contributed by atoms with Gasteiger partial charge in [-0.1, -0.05) is 0 Å². The number of hydrogen-bond acceptors (Lipinski definition) is 5. The summed E-state index contributed by atoms with van der Waals surface area (Å²) in [7, 11) is 0. The first-order valence-corrected chi connectivity index (χ1v) is 5.66. The van der Waals surface area contributed by atoms with E-state index >= 15 is 0 Å². The van der Waals surface area contributed by atoms with Crippen LogP contribution in [0.1, 0.15) is 0 Å². The molecule has 0 saturated carbocycles. The van der Waals surface area contributed by atoms with Crippen LogP contribution in [0.2, 0.25) is 0 Å². The van der Waals surface area contributed by atoms with E-state index in [0.29, 0.717) is 26.3 Å². The van der Waals surface area contributed by atoms with Gasteiger partial charge in [-0.2, -0.15) is 0 Å². The van der Waals surface area contributed by atoms with E-state index < -0.39 is 0 Å². The average molecular weight is 217 g/mol. The molecule has 1 rings (SSSR count). The van der Waals surface area contributed by atoms with Gasteiger partial charge >= 0.3 is 0 Å². The molecule has 0 aromatic rings. The molecule has 1 aliphatic heterocycles. The Morgan fingerprint density at radius 3 is 2.53 bits per heavy atom. The fraction of sp³-hybridized carbons (Fsp3) is 1.00. The quantitative estimate of drug-likeness (QED) is 0.215. The van der Waals surface area contributed by atoms with Gasteiger partial charge in [-0.05, 0) is 0 Å². The molecule has 1 saturated heterocycles. The lowest BCUT2D eigenvalue weighted by Crippen LogP contribution is -2.45. The van der Waals surface area contributed by atoms with Crippen LogP contribution in [0, 0.1) is 5.21 Å². The zero-order valence-corrected chi connectivity index (χ0v) is 9.30. The lowest BCUT2D eigenvalue weighted by Gasteiger charge is -2.37. The lowest BCUT2D eigenvalue weighted by molar-refractivity contribution is -0.867. The third kappa shape index (κ3) is 5.41. The summed E-state index contributed by atoms with van der Waals surface area (Å²) >= 11 is 0. The van der Waals surface area contributed by atoms with Gasteiger partial charge < -0.3 is 26.2 Å². The highest BCUT2D eigenvalue weighted by Gasteiger charge is 2.20. The maximum Gasteiger partial charge on any atom is 0.132 e. The molecule has 1 unspecified atom stereocenters. The third-order valence-electron chi connectivity index (χ3n) is 2.59. The van der Waals surface area contributed by atoms with Crippen molar-refractivity contribution < 1.29 is 4.65 Å². The van der Waals surface area contributed by atoms with Crippen molar-refractivity contribution in [3.05, 3.63) is 5.21 Å². The Morgan fingerprint density at radius 2 is 1.93 bits per heavy atom. The number of nitrogens with zero attached hydrogens (tertiary/aromatic N) is 1. The number of rotatable bonds is 8. The van der Waals surface area contributed by atoms with Gasteiger partial charge in [0, 0.05) is 32.7 Å². The van der Waals surface area contributed by atoms with Gasteiger partial charge in [0.1, 0.15) is 6.67 Å². The summed E-state index contributed by atoms with van der Waals surface area (Å²) in [6.07, 6.45) is 0. The van der Waals surface area contributed by atoms with Gasteiger partial charge in [0.15, 0.2) is 0 Å². The van der Waals surface area contributed by atoms with Crippen molar-refractivity contribution in [1.82, 2.24) is 16.0 Å².